The Hall–Kier alpha value is -7.82. The highest BCUT2D eigenvalue weighted by Gasteiger charge is 2.23. The molecule has 0 radical (unpaired) electrons. The van der Waals surface area contributed by atoms with Crippen LogP contribution in [0, 0.1) is 0 Å². The first-order chi connectivity index (χ1) is 28.8. The molecular formula is C54H34N4. The van der Waals surface area contributed by atoms with Gasteiger partial charge in [-0.1, -0.05) is 158 Å². The number of fused-ring (bicyclic) bond motifs is 8. The lowest BCUT2D eigenvalue weighted by molar-refractivity contribution is 1.01. The van der Waals surface area contributed by atoms with Crippen LogP contribution in [0.25, 0.3) is 110 Å². The van der Waals surface area contributed by atoms with Crippen LogP contribution in [0.3, 0.4) is 0 Å². The van der Waals surface area contributed by atoms with Crippen LogP contribution in [-0.2, 0) is 0 Å². The summed E-state index contributed by atoms with van der Waals surface area (Å²) in [5, 5.41) is 8.16. The Kier molecular flexibility index (Phi) is 7.20. The molecule has 0 saturated heterocycles. The second-order valence-corrected chi connectivity index (χ2v) is 15.0. The highest BCUT2D eigenvalue weighted by molar-refractivity contribution is 6.22. The Balaban J connectivity index is 1.15. The molecule has 3 aromatic heterocycles. The number of benzene rings is 9. The summed E-state index contributed by atoms with van der Waals surface area (Å²) < 4.78 is 4.69. The third-order valence-corrected chi connectivity index (χ3v) is 11.7. The van der Waals surface area contributed by atoms with Crippen LogP contribution in [0.2, 0.25) is 0 Å². The quantitative estimate of drug-likeness (QED) is 0.176. The van der Waals surface area contributed by atoms with Crippen LogP contribution < -0.4 is 0 Å². The second-order valence-electron chi connectivity index (χ2n) is 15.0. The number of para-hydroxylation sites is 3. The Labute approximate surface area is 334 Å². The average Bonchev–Trinajstić information content (AvgIpc) is 3.81. The van der Waals surface area contributed by atoms with Crippen molar-refractivity contribution in [2.75, 3.05) is 0 Å². The van der Waals surface area contributed by atoms with Crippen LogP contribution >= 0.6 is 0 Å². The molecule has 0 amide bonds. The van der Waals surface area contributed by atoms with Crippen molar-refractivity contribution in [3.8, 4) is 45.1 Å². The van der Waals surface area contributed by atoms with E-state index in [1.54, 1.807) is 0 Å². The van der Waals surface area contributed by atoms with Gasteiger partial charge in [0.2, 0.25) is 5.95 Å². The van der Waals surface area contributed by atoms with E-state index in [-0.39, 0.29) is 0 Å². The zero-order valence-corrected chi connectivity index (χ0v) is 31.4. The highest BCUT2D eigenvalue weighted by atomic mass is 15.2. The van der Waals surface area contributed by atoms with Gasteiger partial charge >= 0.3 is 0 Å². The van der Waals surface area contributed by atoms with Gasteiger partial charge in [-0.25, -0.2) is 9.97 Å². The molecule has 3 heterocycles. The molecule has 0 unspecified atom stereocenters. The summed E-state index contributed by atoms with van der Waals surface area (Å²) in [4.78, 5) is 10.8. The predicted octanol–water partition coefficient (Wildman–Crippen LogP) is 14.0. The molecule has 4 nitrogen and oxygen atoms in total. The molecular weight excluding hydrogens is 705 g/mol. The van der Waals surface area contributed by atoms with Crippen LogP contribution in [0.4, 0.5) is 0 Å². The third-order valence-electron chi connectivity index (χ3n) is 11.7. The summed E-state index contributed by atoms with van der Waals surface area (Å²) in [5.41, 5.74) is 13.2. The van der Waals surface area contributed by atoms with Crippen LogP contribution in [0.15, 0.2) is 206 Å². The van der Waals surface area contributed by atoms with Gasteiger partial charge < -0.3 is 4.57 Å². The van der Waals surface area contributed by atoms with Crippen molar-refractivity contribution in [2.45, 2.75) is 0 Å². The third kappa shape index (κ3) is 4.95. The van der Waals surface area contributed by atoms with Gasteiger partial charge in [0.25, 0.3) is 0 Å². The van der Waals surface area contributed by atoms with E-state index in [1.165, 1.54) is 54.5 Å². The second kappa shape index (κ2) is 12.9. The molecule has 4 heteroatoms. The normalized spacial score (nSPS) is 11.8. The number of rotatable bonds is 5. The molecule has 0 aliphatic carbocycles. The fourth-order valence-electron chi connectivity index (χ4n) is 9.11. The predicted molar refractivity (Wildman–Crippen MR) is 242 cm³/mol. The van der Waals surface area contributed by atoms with Gasteiger partial charge in [0, 0.05) is 43.7 Å². The van der Waals surface area contributed by atoms with E-state index < -0.39 is 0 Å². The average molecular weight is 739 g/mol. The minimum absolute atomic E-state index is 0.650. The van der Waals surface area contributed by atoms with Crippen molar-refractivity contribution >= 4 is 65.3 Å². The van der Waals surface area contributed by atoms with Crippen molar-refractivity contribution in [1.29, 1.82) is 0 Å². The Morgan fingerprint density at radius 3 is 1.64 bits per heavy atom. The summed E-state index contributed by atoms with van der Waals surface area (Å²) in [7, 11) is 0. The summed E-state index contributed by atoms with van der Waals surface area (Å²) in [6.07, 6.45) is 0. The van der Waals surface area contributed by atoms with Gasteiger partial charge in [0.05, 0.1) is 33.3 Å². The van der Waals surface area contributed by atoms with E-state index >= 15 is 0 Å². The van der Waals surface area contributed by atoms with Gasteiger partial charge in [-0.3, -0.25) is 4.57 Å². The zero-order valence-electron chi connectivity index (χ0n) is 31.4. The van der Waals surface area contributed by atoms with Gasteiger partial charge in [-0.15, -0.1) is 0 Å². The summed E-state index contributed by atoms with van der Waals surface area (Å²) in [6, 6.07) is 73.8. The number of hydrogen-bond acceptors (Lipinski definition) is 2. The van der Waals surface area contributed by atoms with Crippen LogP contribution in [-0.4, -0.2) is 19.1 Å². The summed E-state index contributed by atoms with van der Waals surface area (Å²) in [5.74, 6) is 0.650. The molecule has 270 valence electrons. The lowest BCUT2D eigenvalue weighted by Crippen LogP contribution is -2.04. The number of nitrogens with zero attached hydrogens (tertiary/aromatic N) is 4. The minimum atomic E-state index is 0.650. The van der Waals surface area contributed by atoms with E-state index in [4.69, 9.17) is 9.97 Å². The maximum absolute atomic E-state index is 5.43. The molecule has 58 heavy (non-hydrogen) atoms. The lowest BCUT2D eigenvalue weighted by atomic mass is 9.94. The molecule has 12 rings (SSSR count). The molecule has 0 bridgehead atoms. The lowest BCUT2D eigenvalue weighted by Gasteiger charge is -2.15. The fraction of sp³-hybridized carbons (Fsp3) is 0. The number of aromatic nitrogens is 4. The first-order valence-electron chi connectivity index (χ1n) is 19.8. The van der Waals surface area contributed by atoms with Crippen LogP contribution in [0.5, 0.6) is 0 Å². The minimum Gasteiger partial charge on any atom is -0.309 e. The first kappa shape index (κ1) is 32.4. The molecule has 0 N–H and O–H groups in total. The van der Waals surface area contributed by atoms with Gasteiger partial charge in [0.15, 0.2) is 0 Å². The summed E-state index contributed by atoms with van der Waals surface area (Å²) >= 11 is 0. The molecule has 0 saturated carbocycles. The van der Waals surface area contributed by atoms with Crippen molar-refractivity contribution in [2.24, 2.45) is 0 Å². The molecule has 0 aliphatic rings. The SMILES string of the molecule is c1ccc(-c2ccc(-n3c4ccccc4c4cc(-c5c6ccccc6cc6c7ccccc7n(-c7nc(-c8ccccc8)c8ccccc8n7)c56)ccc43)cc2)cc1. The van der Waals surface area contributed by atoms with Crippen molar-refractivity contribution < 1.29 is 0 Å². The standard InChI is InChI=1S/C54H34N4/c1-3-15-35(16-4-1)36-27-30-40(31-28-36)57-48-25-13-10-21-42(48)45-34-39(29-32-50(45)57)51-41-20-8-7-19-38(41)33-46-43-22-11-14-26-49(43)58(53(46)51)54-55-47-24-12-9-23-44(47)52(56-54)37-17-5-2-6-18-37/h1-34H. The maximum atomic E-state index is 5.43. The molecule has 0 fully saturated rings. The number of hydrogen-bond donors (Lipinski definition) is 0. The van der Waals surface area contributed by atoms with E-state index in [0.29, 0.717) is 5.95 Å². The van der Waals surface area contributed by atoms with Gasteiger partial charge in [-0.2, -0.15) is 0 Å². The Bertz CT molecular complexity index is 3540. The Morgan fingerprint density at radius 1 is 0.328 bits per heavy atom. The van der Waals surface area contributed by atoms with E-state index in [2.05, 4.69) is 209 Å². The van der Waals surface area contributed by atoms with Gasteiger partial charge in [0.1, 0.15) is 0 Å². The zero-order chi connectivity index (χ0) is 38.2. The van der Waals surface area contributed by atoms with Crippen LogP contribution in [0.1, 0.15) is 0 Å². The van der Waals surface area contributed by atoms with Crippen molar-refractivity contribution in [1.82, 2.24) is 19.1 Å². The molecule has 9 aromatic carbocycles. The van der Waals surface area contributed by atoms with E-state index in [0.717, 1.165) is 50.0 Å². The fourth-order valence-corrected chi connectivity index (χ4v) is 9.11. The van der Waals surface area contributed by atoms with Crippen molar-refractivity contribution in [3.63, 3.8) is 0 Å². The van der Waals surface area contributed by atoms with E-state index in [1.807, 2.05) is 6.07 Å². The molecule has 0 aliphatic heterocycles. The maximum Gasteiger partial charge on any atom is 0.235 e. The molecule has 12 aromatic rings. The Morgan fingerprint density at radius 2 is 0.879 bits per heavy atom. The highest BCUT2D eigenvalue weighted by Crippen LogP contribution is 2.44. The van der Waals surface area contributed by atoms with Gasteiger partial charge in [-0.05, 0) is 76.0 Å². The molecule has 0 atom stereocenters. The molecule has 0 spiro atoms. The monoisotopic (exact) mass is 738 g/mol. The van der Waals surface area contributed by atoms with Crippen molar-refractivity contribution in [3.05, 3.63) is 206 Å². The summed E-state index contributed by atoms with van der Waals surface area (Å²) in [6.45, 7) is 0. The smallest absolute Gasteiger partial charge is 0.235 e. The first-order valence-corrected chi connectivity index (χ1v) is 19.8. The van der Waals surface area contributed by atoms with E-state index in [9.17, 15) is 0 Å². The topological polar surface area (TPSA) is 35.6 Å². The largest absolute Gasteiger partial charge is 0.309 e.